The summed E-state index contributed by atoms with van der Waals surface area (Å²) in [4.78, 5) is 10.4. The van der Waals surface area contributed by atoms with E-state index in [1.54, 1.807) is 0 Å². The molecule has 1 aliphatic carbocycles. The molecule has 0 saturated heterocycles. The van der Waals surface area contributed by atoms with Crippen LogP contribution in [-0.4, -0.2) is 21.8 Å². The fourth-order valence-corrected chi connectivity index (χ4v) is 2.43. The van der Waals surface area contributed by atoms with Crippen molar-refractivity contribution in [2.24, 2.45) is 11.8 Å². The third kappa shape index (κ3) is 5.17. The Kier molecular flexibility index (Phi) is 7.18. The molecule has 1 saturated carbocycles. The maximum absolute atomic E-state index is 10.4. The van der Waals surface area contributed by atoms with Crippen LogP contribution in [0.25, 0.3) is 0 Å². The Labute approximate surface area is 121 Å². The van der Waals surface area contributed by atoms with Crippen molar-refractivity contribution >= 4 is 5.97 Å². The van der Waals surface area contributed by atoms with Gasteiger partial charge in [-0.05, 0) is 43.9 Å². The van der Waals surface area contributed by atoms with Crippen LogP contribution in [-0.2, 0) is 4.79 Å². The van der Waals surface area contributed by atoms with Gasteiger partial charge in [-0.3, -0.25) is 4.79 Å². The second-order valence-electron chi connectivity index (χ2n) is 5.20. The summed E-state index contributed by atoms with van der Waals surface area (Å²) in [5.74, 6) is 0.568. The Hall–Kier alpha value is 0.430. The predicted octanol–water partition coefficient (Wildman–Crippen LogP) is -0.455. The van der Waals surface area contributed by atoms with Gasteiger partial charge in [0.05, 0.1) is 5.60 Å². The summed E-state index contributed by atoms with van der Waals surface area (Å²) < 4.78 is 0. The van der Waals surface area contributed by atoms with E-state index in [0.717, 1.165) is 25.7 Å². The van der Waals surface area contributed by atoms with Gasteiger partial charge in [0.2, 0.25) is 0 Å². The molecule has 1 aliphatic rings. The first-order chi connectivity index (χ1) is 6.93. The number of carboxylic acid groups (broad SMARTS) is 1. The van der Waals surface area contributed by atoms with Crippen LogP contribution in [0.1, 0.15) is 53.8 Å². The number of rotatable bonds is 4. The van der Waals surface area contributed by atoms with Crippen molar-refractivity contribution < 1.29 is 46.0 Å². The molecule has 0 unspecified atom stereocenters. The van der Waals surface area contributed by atoms with Crippen LogP contribution in [0.3, 0.4) is 0 Å². The Morgan fingerprint density at radius 2 is 1.94 bits per heavy atom. The molecule has 0 aliphatic heterocycles. The average Bonchev–Trinajstić information content (AvgIpc) is 2.16. The van der Waals surface area contributed by atoms with Crippen LogP contribution in [0, 0.1) is 11.8 Å². The maximum Gasteiger partial charge on any atom is 1.00 e. The molecule has 1 fully saturated rings. The molecule has 0 bridgehead atoms. The van der Waals surface area contributed by atoms with Gasteiger partial charge in [-0.1, -0.05) is 13.8 Å². The molecule has 0 heterocycles. The van der Waals surface area contributed by atoms with Gasteiger partial charge in [0.25, 0.3) is 0 Å². The van der Waals surface area contributed by atoms with Gasteiger partial charge < -0.3 is 11.6 Å². The van der Waals surface area contributed by atoms with Crippen molar-refractivity contribution in [1.82, 2.24) is 0 Å². The van der Waals surface area contributed by atoms with Crippen molar-refractivity contribution in [3.8, 4) is 0 Å². The van der Waals surface area contributed by atoms with E-state index in [2.05, 4.69) is 13.8 Å². The molecule has 0 atom stereocenters. The Morgan fingerprint density at radius 1 is 1.44 bits per heavy atom. The first-order valence-electron chi connectivity index (χ1n) is 5.87. The first-order valence-corrected chi connectivity index (χ1v) is 5.87. The Bertz CT molecular complexity index is 226. The van der Waals surface area contributed by atoms with E-state index in [4.69, 9.17) is 5.11 Å². The summed E-state index contributed by atoms with van der Waals surface area (Å²) in [5.41, 5.74) is -0.705. The normalized spacial score (nSPS) is 29.9. The molecule has 0 aromatic carbocycles. The molecule has 3 nitrogen and oxygen atoms in total. The van der Waals surface area contributed by atoms with Gasteiger partial charge in [0, 0.05) is 6.42 Å². The van der Waals surface area contributed by atoms with Gasteiger partial charge >= 0.3 is 35.5 Å². The van der Waals surface area contributed by atoms with E-state index in [1.165, 1.54) is 0 Å². The number of carbonyl (C=O) groups is 1. The molecule has 0 aromatic rings. The van der Waals surface area contributed by atoms with Crippen LogP contribution in [0.15, 0.2) is 0 Å². The number of hydrogen-bond donors (Lipinski definition) is 2. The molecule has 2 N–H and O–H groups in total. The van der Waals surface area contributed by atoms with Gasteiger partial charge in [0.15, 0.2) is 0 Å². The number of aliphatic carboxylic acids is 1. The number of aliphatic hydroxyl groups is 1. The van der Waals surface area contributed by atoms with Gasteiger partial charge in [-0.15, -0.1) is 0 Å². The molecule has 0 radical (unpaired) electrons. The Morgan fingerprint density at radius 3 is 2.31 bits per heavy atom. The summed E-state index contributed by atoms with van der Waals surface area (Å²) in [5, 5.41) is 18.7. The molecule has 16 heavy (non-hydrogen) atoms. The van der Waals surface area contributed by atoms with Crippen molar-refractivity contribution in [2.75, 3.05) is 0 Å². The van der Waals surface area contributed by atoms with Crippen LogP contribution < -0.4 is 29.6 Å². The molecular formula is C12H23NaO3. The van der Waals surface area contributed by atoms with Crippen molar-refractivity contribution in [1.29, 1.82) is 0 Å². The van der Waals surface area contributed by atoms with Gasteiger partial charge in [-0.2, -0.15) is 0 Å². The van der Waals surface area contributed by atoms with Crippen molar-refractivity contribution in [3.63, 3.8) is 0 Å². The monoisotopic (exact) mass is 238 g/mol. The third-order valence-corrected chi connectivity index (χ3v) is 3.71. The topological polar surface area (TPSA) is 57.5 Å². The zero-order valence-corrected chi connectivity index (χ0v) is 12.7. The minimum absolute atomic E-state index is 0. The zero-order chi connectivity index (χ0) is 11.5. The van der Waals surface area contributed by atoms with E-state index in [-0.39, 0.29) is 37.4 Å². The van der Waals surface area contributed by atoms with E-state index in [9.17, 15) is 9.90 Å². The summed E-state index contributed by atoms with van der Waals surface area (Å²) in [6.07, 6.45) is 4.10. The summed E-state index contributed by atoms with van der Waals surface area (Å²) >= 11 is 0. The number of carboxylic acids is 1. The minimum Gasteiger partial charge on any atom is -1.00 e. The van der Waals surface area contributed by atoms with Gasteiger partial charge in [0.1, 0.15) is 0 Å². The minimum atomic E-state index is -0.811. The predicted molar refractivity (Wildman–Crippen MR) is 59.7 cm³/mol. The van der Waals surface area contributed by atoms with Crippen molar-refractivity contribution in [2.45, 2.75) is 58.0 Å². The van der Waals surface area contributed by atoms with Crippen molar-refractivity contribution in [3.05, 3.63) is 0 Å². The Balaban J connectivity index is 0. The smallest absolute Gasteiger partial charge is 1.00 e. The van der Waals surface area contributed by atoms with E-state index < -0.39 is 11.6 Å². The summed E-state index contributed by atoms with van der Waals surface area (Å²) in [7, 11) is 0. The molecule has 1 rings (SSSR count). The number of hydrogen-bond acceptors (Lipinski definition) is 2. The quantitative estimate of drug-likeness (QED) is 0.652. The summed E-state index contributed by atoms with van der Waals surface area (Å²) in [6.45, 7) is 4.43. The van der Waals surface area contributed by atoms with E-state index >= 15 is 0 Å². The molecule has 90 valence electrons. The van der Waals surface area contributed by atoms with Crippen LogP contribution in [0.2, 0.25) is 0 Å². The first kappa shape index (κ1) is 16.4. The molecule has 0 spiro atoms. The second-order valence-corrected chi connectivity index (χ2v) is 5.20. The fraction of sp³-hybridized carbons (Fsp3) is 0.917. The third-order valence-electron chi connectivity index (χ3n) is 3.71. The summed E-state index contributed by atoms with van der Waals surface area (Å²) in [6, 6.07) is 0. The SMILES string of the molecule is CC(C)C1CCC(O)(CCC(=O)O)CC1.[H-].[Na+]. The second kappa shape index (κ2) is 7.00. The van der Waals surface area contributed by atoms with Gasteiger partial charge in [-0.25, -0.2) is 0 Å². The van der Waals surface area contributed by atoms with Crippen LogP contribution in [0.4, 0.5) is 0 Å². The van der Waals surface area contributed by atoms with Crippen LogP contribution in [0.5, 0.6) is 0 Å². The molecule has 0 amide bonds. The van der Waals surface area contributed by atoms with E-state index in [1.807, 2.05) is 0 Å². The maximum atomic E-state index is 10.4. The van der Waals surface area contributed by atoms with Crippen LogP contribution >= 0.6 is 0 Å². The van der Waals surface area contributed by atoms with E-state index in [0.29, 0.717) is 18.3 Å². The fourth-order valence-electron chi connectivity index (χ4n) is 2.43. The molecule has 4 heteroatoms. The standard InChI is InChI=1S/C12H22O3.Na.H/c1-9(2)10-3-6-12(15,7-4-10)8-5-11(13)14;;/h9-10,15H,3-8H2,1-2H3,(H,13,14);;/q;+1;-1. The molecule has 0 aromatic heterocycles. The average molecular weight is 238 g/mol. The zero-order valence-electron chi connectivity index (χ0n) is 11.7. The largest absolute Gasteiger partial charge is 1.00 e. The molecular weight excluding hydrogens is 215 g/mol.